The lowest BCUT2D eigenvalue weighted by molar-refractivity contribution is 0.100. The predicted molar refractivity (Wildman–Crippen MR) is 165 cm³/mol. The molecule has 0 bridgehead atoms. The molecular weight excluding hydrogens is 530 g/mol. The molecule has 4 rings (SSSR count). The number of nitrogens with zero attached hydrogens (tertiary/aromatic N) is 2. The van der Waals surface area contributed by atoms with E-state index in [-0.39, 0.29) is 23.0 Å². The molecule has 0 atom stereocenters. The molecule has 42 heavy (non-hydrogen) atoms. The van der Waals surface area contributed by atoms with Crippen molar-refractivity contribution in [2.75, 3.05) is 0 Å². The molecule has 0 unspecified atom stereocenters. The fourth-order valence-electron chi connectivity index (χ4n) is 5.32. The van der Waals surface area contributed by atoms with Gasteiger partial charge in [-0.3, -0.25) is 19.6 Å². The van der Waals surface area contributed by atoms with Gasteiger partial charge >= 0.3 is 0 Å². The second-order valence-electron chi connectivity index (χ2n) is 13.1. The van der Waals surface area contributed by atoms with Gasteiger partial charge in [-0.25, -0.2) is 8.78 Å². The van der Waals surface area contributed by atoms with Crippen LogP contribution in [0.5, 0.6) is 0 Å². The molecule has 0 saturated carbocycles. The van der Waals surface area contributed by atoms with Crippen molar-refractivity contribution in [2.24, 2.45) is 0 Å². The van der Waals surface area contributed by atoms with Gasteiger partial charge in [0.2, 0.25) is 0 Å². The van der Waals surface area contributed by atoms with E-state index in [9.17, 15) is 9.59 Å². The Morgan fingerprint density at radius 2 is 0.929 bits per heavy atom. The largest absolute Gasteiger partial charge is 0.295 e. The van der Waals surface area contributed by atoms with Crippen LogP contribution >= 0.6 is 0 Å². The van der Waals surface area contributed by atoms with E-state index in [0.29, 0.717) is 44.5 Å². The highest BCUT2D eigenvalue weighted by Crippen LogP contribution is 2.45. The number of rotatable bonds is 5. The second-order valence-corrected chi connectivity index (χ2v) is 13.1. The van der Waals surface area contributed by atoms with Crippen LogP contribution in [-0.2, 0) is 10.8 Å². The maximum Gasteiger partial charge on any atom is 0.160 e. The molecule has 0 aliphatic rings. The number of carbonyl (C=O) groups is 2. The van der Waals surface area contributed by atoms with Crippen molar-refractivity contribution in [3.63, 3.8) is 0 Å². The van der Waals surface area contributed by atoms with Crippen molar-refractivity contribution in [1.29, 1.82) is 0 Å². The van der Waals surface area contributed by atoms with Gasteiger partial charge in [0, 0.05) is 34.6 Å². The number of pyridine rings is 2. The van der Waals surface area contributed by atoms with Gasteiger partial charge in [0.15, 0.2) is 23.2 Å². The van der Waals surface area contributed by atoms with Crippen LogP contribution in [0.25, 0.3) is 33.6 Å². The maximum absolute atomic E-state index is 15.8. The molecule has 0 amide bonds. The number of aromatic nitrogens is 2. The first kappa shape index (κ1) is 30.9. The molecule has 2 aromatic carbocycles. The van der Waals surface area contributed by atoms with Gasteiger partial charge in [0.05, 0.1) is 0 Å². The summed E-state index contributed by atoms with van der Waals surface area (Å²) in [6, 6.07) is 10.3. The van der Waals surface area contributed by atoms with Crippen LogP contribution in [0.15, 0.2) is 48.8 Å². The summed E-state index contributed by atoms with van der Waals surface area (Å²) in [5.41, 5.74) is 4.34. The van der Waals surface area contributed by atoms with Crippen LogP contribution in [0.4, 0.5) is 8.78 Å². The summed E-state index contributed by atoms with van der Waals surface area (Å²) in [6.45, 7) is 18.2. The molecule has 0 N–H and O–H groups in total. The fourth-order valence-corrected chi connectivity index (χ4v) is 5.32. The molecule has 0 saturated heterocycles. The summed E-state index contributed by atoms with van der Waals surface area (Å²) in [7, 11) is 0. The number of hydrogen-bond acceptors (Lipinski definition) is 4. The van der Waals surface area contributed by atoms with Gasteiger partial charge in [-0.2, -0.15) is 0 Å². The Balaban J connectivity index is 2.30. The number of carbonyl (C=O) groups excluding carboxylic acids is 2. The molecule has 2 aromatic heterocycles. The molecule has 218 valence electrons. The normalized spacial score (nSPS) is 12.0. The number of halogens is 2. The van der Waals surface area contributed by atoms with Crippen molar-refractivity contribution in [2.45, 2.75) is 80.1 Å². The predicted octanol–water partition coefficient (Wildman–Crippen LogP) is 9.37. The van der Waals surface area contributed by atoms with Crippen LogP contribution in [0.3, 0.4) is 0 Å². The zero-order valence-corrected chi connectivity index (χ0v) is 26.1. The third kappa shape index (κ3) is 5.67. The Hall–Kier alpha value is -4.06. The topological polar surface area (TPSA) is 59.9 Å². The van der Waals surface area contributed by atoms with Crippen LogP contribution < -0.4 is 0 Å². The minimum absolute atomic E-state index is 0.110. The zero-order valence-electron chi connectivity index (χ0n) is 26.1. The summed E-state index contributed by atoms with van der Waals surface area (Å²) < 4.78 is 31.6. The van der Waals surface area contributed by atoms with E-state index in [0.717, 1.165) is 11.1 Å². The first-order valence-corrected chi connectivity index (χ1v) is 14.1. The Morgan fingerprint density at radius 1 is 0.595 bits per heavy atom. The molecule has 0 aliphatic carbocycles. The fraction of sp³-hybridized carbons (Fsp3) is 0.333. The summed E-state index contributed by atoms with van der Waals surface area (Å²) in [5, 5.41) is 0. The number of aryl methyl sites for hydroxylation is 2. The monoisotopic (exact) mass is 568 g/mol. The lowest BCUT2D eigenvalue weighted by Gasteiger charge is -2.27. The van der Waals surface area contributed by atoms with Gasteiger partial charge in [-0.15, -0.1) is 0 Å². The van der Waals surface area contributed by atoms with E-state index in [1.165, 1.54) is 13.8 Å². The van der Waals surface area contributed by atoms with E-state index in [4.69, 9.17) is 0 Å². The minimum Gasteiger partial charge on any atom is -0.295 e. The number of Topliss-reactive ketones (excluding diaryl/α,β-unsaturated/α-hetero) is 2. The minimum atomic E-state index is -0.492. The third-order valence-corrected chi connectivity index (χ3v) is 7.65. The summed E-state index contributed by atoms with van der Waals surface area (Å²) in [6.07, 6.45) is 3.08. The van der Waals surface area contributed by atoms with Gasteiger partial charge in [0.1, 0.15) is 11.4 Å². The van der Waals surface area contributed by atoms with E-state index in [1.807, 2.05) is 53.7 Å². The van der Waals surface area contributed by atoms with Crippen molar-refractivity contribution >= 4 is 11.6 Å². The Morgan fingerprint density at radius 3 is 1.21 bits per heavy atom. The molecule has 4 aromatic rings. The standard InChI is InChI=1S/C36H38F2N2O2/c1-19-11-13-39-33(31(19)37)27-17-29(35(5,6)7)23(21(3)41)15-25(27)26-16-24(22(4)42)30(36(8,9)10)18-28(26)34-32(38)20(2)12-14-40-34/h11-18H,1-10H3. The van der Waals surface area contributed by atoms with Crippen molar-refractivity contribution in [3.05, 3.63) is 93.8 Å². The second kappa shape index (κ2) is 11.0. The van der Waals surface area contributed by atoms with Crippen LogP contribution in [0, 0.1) is 25.5 Å². The molecule has 0 radical (unpaired) electrons. The van der Waals surface area contributed by atoms with Gasteiger partial charge in [0.25, 0.3) is 0 Å². The highest BCUT2D eigenvalue weighted by Gasteiger charge is 2.29. The van der Waals surface area contributed by atoms with Crippen LogP contribution in [0.2, 0.25) is 0 Å². The van der Waals surface area contributed by atoms with Crippen molar-refractivity contribution < 1.29 is 18.4 Å². The Bertz CT molecular complexity index is 1610. The smallest absolute Gasteiger partial charge is 0.160 e. The highest BCUT2D eigenvalue weighted by molar-refractivity contribution is 6.03. The summed E-state index contributed by atoms with van der Waals surface area (Å²) in [5.74, 6) is -1.31. The van der Waals surface area contributed by atoms with E-state index in [2.05, 4.69) is 9.97 Å². The Kier molecular flexibility index (Phi) is 8.07. The quantitative estimate of drug-likeness (QED) is 0.225. The van der Waals surface area contributed by atoms with Gasteiger partial charge in [-0.1, -0.05) is 41.5 Å². The Labute approximate surface area is 247 Å². The SMILES string of the molecule is CC(=O)c1cc(-c2cc(C(C)=O)c(C(C)(C)C)cc2-c2nccc(C)c2F)c(-c2nccc(C)c2F)cc1C(C)(C)C. The van der Waals surface area contributed by atoms with E-state index >= 15 is 8.78 Å². The van der Waals surface area contributed by atoms with Gasteiger partial charge in [-0.05, 0) is 108 Å². The lowest BCUT2D eigenvalue weighted by Crippen LogP contribution is -2.18. The third-order valence-electron chi connectivity index (χ3n) is 7.65. The highest BCUT2D eigenvalue weighted by atomic mass is 19.1. The first-order chi connectivity index (χ1) is 19.4. The first-order valence-electron chi connectivity index (χ1n) is 14.1. The molecule has 2 heterocycles. The zero-order chi connectivity index (χ0) is 31.3. The maximum atomic E-state index is 15.8. The van der Waals surface area contributed by atoms with E-state index < -0.39 is 22.5 Å². The van der Waals surface area contributed by atoms with Gasteiger partial charge < -0.3 is 0 Å². The summed E-state index contributed by atoms with van der Waals surface area (Å²) >= 11 is 0. The van der Waals surface area contributed by atoms with Crippen LogP contribution in [-0.4, -0.2) is 21.5 Å². The molecule has 0 aliphatic heterocycles. The average Bonchev–Trinajstić information content (AvgIpc) is 2.89. The average molecular weight is 569 g/mol. The molecule has 0 spiro atoms. The lowest BCUT2D eigenvalue weighted by atomic mass is 9.76. The molecule has 6 heteroatoms. The molecule has 4 nitrogen and oxygen atoms in total. The summed E-state index contributed by atoms with van der Waals surface area (Å²) in [4.78, 5) is 35.0. The number of benzene rings is 2. The van der Waals surface area contributed by atoms with E-state index in [1.54, 1.807) is 50.5 Å². The number of ketones is 2. The van der Waals surface area contributed by atoms with Crippen molar-refractivity contribution in [1.82, 2.24) is 9.97 Å². The van der Waals surface area contributed by atoms with Crippen LogP contribution in [0.1, 0.15) is 98.4 Å². The van der Waals surface area contributed by atoms with Crippen molar-refractivity contribution in [3.8, 4) is 33.6 Å². The molecule has 0 fully saturated rings. The molecular formula is C36H38F2N2O2. The number of hydrogen-bond donors (Lipinski definition) is 0.